The second-order valence-electron chi connectivity index (χ2n) is 7.15. The first-order chi connectivity index (χ1) is 15.8. The van der Waals surface area contributed by atoms with Crippen molar-refractivity contribution >= 4 is 58.3 Å². The van der Waals surface area contributed by atoms with Crippen LogP contribution in [0.3, 0.4) is 0 Å². The summed E-state index contributed by atoms with van der Waals surface area (Å²) in [4.78, 5) is 11.9. The lowest BCUT2D eigenvalue weighted by Gasteiger charge is -2.22. The molecule has 2 heterocycles. The number of benzene rings is 2. The monoisotopic (exact) mass is 497 g/mol. The van der Waals surface area contributed by atoms with E-state index in [0.717, 1.165) is 11.1 Å². The Kier molecular flexibility index (Phi) is 6.43. The Morgan fingerprint density at radius 3 is 2.48 bits per heavy atom. The summed E-state index contributed by atoms with van der Waals surface area (Å²) in [5.74, 6) is -0.755. The molecule has 6 nitrogen and oxygen atoms in total. The fraction of sp³-hybridized carbons (Fsp3) is 0.125. The summed E-state index contributed by atoms with van der Waals surface area (Å²) < 4.78 is 12.6. The van der Waals surface area contributed by atoms with Crippen molar-refractivity contribution in [2.45, 2.75) is 12.8 Å². The number of esters is 1. The van der Waals surface area contributed by atoms with E-state index in [1.807, 2.05) is 0 Å². The molecule has 33 heavy (non-hydrogen) atoms. The van der Waals surface area contributed by atoms with Crippen molar-refractivity contribution in [3.05, 3.63) is 91.4 Å². The highest BCUT2D eigenvalue weighted by Gasteiger charge is 2.30. The van der Waals surface area contributed by atoms with E-state index in [1.54, 1.807) is 66.1 Å². The lowest BCUT2D eigenvalue weighted by Crippen LogP contribution is -2.35. The first-order valence-electron chi connectivity index (χ1n) is 9.91. The first-order valence-corrected chi connectivity index (χ1v) is 11.1. The fourth-order valence-corrected chi connectivity index (χ4v) is 4.49. The van der Waals surface area contributed by atoms with E-state index in [2.05, 4.69) is 6.07 Å². The predicted octanol–water partition coefficient (Wildman–Crippen LogP) is 4.16. The van der Waals surface area contributed by atoms with Crippen LogP contribution in [0.1, 0.15) is 39.9 Å². The average Bonchev–Trinajstić information content (AvgIpc) is 3.15. The Balaban J connectivity index is 1.84. The van der Waals surface area contributed by atoms with Gasteiger partial charge in [0.2, 0.25) is 10.3 Å². The molecule has 3 aromatic rings. The van der Waals surface area contributed by atoms with Crippen molar-refractivity contribution in [3.8, 4) is 6.07 Å². The molecule has 1 aliphatic heterocycles. The van der Waals surface area contributed by atoms with Crippen LogP contribution in [-0.4, -0.2) is 17.1 Å². The normalized spacial score (nSPS) is 15.9. The maximum absolute atomic E-state index is 11.9. The topological polar surface area (TPSA) is 94.2 Å². The van der Waals surface area contributed by atoms with Crippen molar-refractivity contribution in [2.75, 3.05) is 6.61 Å². The minimum Gasteiger partial charge on any atom is -0.462 e. The lowest BCUT2D eigenvalue weighted by atomic mass is 9.95. The Morgan fingerprint density at radius 1 is 1.21 bits per heavy atom. The predicted molar refractivity (Wildman–Crippen MR) is 129 cm³/mol. The number of carbonyl (C=O) groups excluding carboxylic acids is 1. The Labute approximate surface area is 204 Å². The highest BCUT2D eigenvalue weighted by atomic mass is 35.5. The van der Waals surface area contributed by atoms with Crippen LogP contribution in [0.2, 0.25) is 0 Å². The average molecular weight is 498 g/mol. The van der Waals surface area contributed by atoms with E-state index in [4.69, 9.17) is 55.6 Å². The summed E-state index contributed by atoms with van der Waals surface area (Å²) in [6, 6.07) is 15.8. The molecular weight excluding hydrogens is 481 g/mol. The third-order valence-electron chi connectivity index (χ3n) is 5.14. The van der Waals surface area contributed by atoms with E-state index in [-0.39, 0.29) is 22.7 Å². The van der Waals surface area contributed by atoms with Crippen molar-refractivity contribution in [1.29, 1.82) is 5.26 Å². The maximum Gasteiger partial charge on any atom is 0.338 e. The van der Waals surface area contributed by atoms with Gasteiger partial charge in [-0.2, -0.15) is 5.26 Å². The van der Waals surface area contributed by atoms with E-state index in [0.29, 0.717) is 26.5 Å². The van der Waals surface area contributed by atoms with Crippen LogP contribution >= 0.6 is 35.4 Å². The van der Waals surface area contributed by atoms with Gasteiger partial charge in [0.1, 0.15) is 11.2 Å². The second-order valence-corrected chi connectivity index (χ2v) is 8.34. The number of hydrogen-bond acceptors (Lipinski definition) is 6. The number of carbonyl (C=O) groups is 1. The third kappa shape index (κ3) is 4.21. The molecule has 2 N–H and O–H groups in total. The molecule has 0 amide bonds. The van der Waals surface area contributed by atoms with Gasteiger partial charge in [-0.3, -0.25) is 4.57 Å². The third-order valence-corrected chi connectivity index (χ3v) is 6.22. The number of nitriles is 1. The van der Waals surface area contributed by atoms with Crippen molar-refractivity contribution in [3.63, 3.8) is 0 Å². The molecule has 0 radical (unpaired) electrons. The van der Waals surface area contributed by atoms with Gasteiger partial charge in [0.25, 0.3) is 0 Å². The number of oxazole rings is 1. The summed E-state index contributed by atoms with van der Waals surface area (Å²) in [6.07, 6.45) is 1.78. The molecule has 9 heteroatoms. The molecule has 0 fully saturated rings. The van der Waals surface area contributed by atoms with Crippen LogP contribution in [0, 0.1) is 16.0 Å². The van der Waals surface area contributed by atoms with Gasteiger partial charge >= 0.3 is 5.97 Å². The summed E-state index contributed by atoms with van der Waals surface area (Å²) in [5, 5.41) is 10.1. The van der Waals surface area contributed by atoms with Crippen LogP contribution in [0.5, 0.6) is 0 Å². The molecule has 4 rings (SSSR count). The summed E-state index contributed by atoms with van der Waals surface area (Å²) in [5.41, 5.74) is 9.18. The smallest absolute Gasteiger partial charge is 0.338 e. The molecule has 0 bridgehead atoms. The van der Waals surface area contributed by atoms with Gasteiger partial charge in [0, 0.05) is 0 Å². The SMILES string of the molecule is CCOC(=O)c1ccc(C2C(Cl)=C(N)n3c(oc(=S)/c3=C\c3ccc(C#N)cc3)=C2Cl)cc1. The quantitative estimate of drug-likeness (QED) is 0.429. The van der Waals surface area contributed by atoms with Crippen molar-refractivity contribution in [1.82, 2.24) is 4.57 Å². The standard InChI is InChI=1S/C24H17Cl2N3O3S/c1-2-31-23(30)16-9-7-15(8-10-16)18-19(25)21(28)29-17(24(33)32-22(29)20(18)26)11-13-3-5-14(12-27)6-4-13/h3-11,18H,2,28H2,1H3/b17-11+. The van der Waals surface area contributed by atoms with Crippen molar-refractivity contribution < 1.29 is 13.9 Å². The number of halogens is 2. The highest BCUT2D eigenvalue weighted by molar-refractivity contribution is 7.71. The molecule has 2 aromatic carbocycles. The number of aromatic nitrogens is 1. The van der Waals surface area contributed by atoms with Gasteiger partial charge in [-0.15, -0.1) is 0 Å². The van der Waals surface area contributed by atoms with Crippen LogP contribution < -0.4 is 16.6 Å². The van der Waals surface area contributed by atoms with Crippen LogP contribution in [0.25, 0.3) is 16.9 Å². The van der Waals surface area contributed by atoms with E-state index in [1.165, 1.54) is 0 Å². The van der Waals surface area contributed by atoms with Gasteiger partial charge in [0.05, 0.1) is 39.8 Å². The highest BCUT2D eigenvalue weighted by Crippen LogP contribution is 2.40. The van der Waals surface area contributed by atoms with Crippen molar-refractivity contribution in [2.24, 2.45) is 5.73 Å². The van der Waals surface area contributed by atoms with Gasteiger partial charge in [-0.25, -0.2) is 4.79 Å². The molecule has 1 aromatic heterocycles. The lowest BCUT2D eigenvalue weighted by molar-refractivity contribution is 0.0526. The van der Waals surface area contributed by atoms with E-state index < -0.39 is 11.9 Å². The minimum atomic E-state index is -0.576. The first kappa shape index (κ1) is 22.9. The molecular formula is C24H17Cl2N3O3S. The Hall–Kier alpha value is -3.31. The Bertz CT molecular complexity index is 1490. The molecule has 0 saturated carbocycles. The zero-order chi connectivity index (χ0) is 23.7. The minimum absolute atomic E-state index is 0.193. The number of nitrogens with two attached hydrogens (primary N) is 1. The molecule has 0 aliphatic carbocycles. The molecule has 1 aliphatic rings. The molecule has 1 unspecified atom stereocenters. The molecule has 0 saturated heterocycles. The van der Waals surface area contributed by atoms with Gasteiger partial charge in [-0.1, -0.05) is 47.5 Å². The number of nitrogens with zero attached hydrogens (tertiary/aromatic N) is 2. The number of ether oxygens (including phenoxy) is 1. The van der Waals surface area contributed by atoms with Crippen LogP contribution in [-0.2, 0) is 4.74 Å². The zero-order valence-electron chi connectivity index (χ0n) is 17.3. The molecule has 166 valence electrons. The number of hydrogen-bond donors (Lipinski definition) is 1. The summed E-state index contributed by atoms with van der Waals surface area (Å²) in [7, 11) is 0. The summed E-state index contributed by atoms with van der Waals surface area (Å²) in [6.45, 7) is 2.03. The maximum atomic E-state index is 11.9. The van der Waals surface area contributed by atoms with Gasteiger partial charge < -0.3 is 14.9 Å². The van der Waals surface area contributed by atoms with Gasteiger partial charge in [0.15, 0.2) is 0 Å². The van der Waals surface area contributed by atoms with Crippen LogP contribution in [0.4, 0.5) is 0 Å². The zero-order valence-corrected chi connectivity index (χ0v) is 19.7. The number of fused-ring (bicyclic) bond motifs is 1. The number of allylic oxidation sites excluding steroid dienone is 1. The fourth-order valence-electron chi connectivity index (χ4n) is 3.52. The number of rotatable bonds is 4. The molecule has 0 spiro atoms. The van der Waals surface area contributed by atoms with E-state index >= 15 is 0 Å². The second kappa shape index (κ2) is 9.28. The Morgan fingerprint density at radius 2 is 1.88 bits per heavy atom. The summed E-state index contributed by atoms with van der Waals surface area (Å²) >= 11 is 18.8. The van der Waals surface area contributed by atoms with E-state index in [9.17, 15) is 4.79 Å². The van der Waals surface area contributed by atoms with Gasteiger partial charge in [-0.05, 0) is 60.6 Å². The van der Waals surface area contributed by atoms with Crippen LogP contribution in [0.15, 0.2) is 58.0 Å². The molecule has 1 atom stereocenters. The largest absolute Gasteiger partial charge is 0.462 e.